The summed E-state index contributed by atoms with van der Waals surface area (Å²) >= 11 is 6.25. The van der Waals surface area contributed by atoms with E-state index in [0.717, 1.165) is 35.3 Å². The van der Waals surface area contributed by atoms with E-state index in [1.165, 1.54) is 0 Å². The number of β-amino-alcohol motifs (C(OH)–C–C–N with tert-alkyl or cyclic N) is 1. The molecule has 1 N–H and O–H groups in total. The third-order valence-electron chi connectivity index (χ3n) is 4.68. The summed E-state index contributed by atoms with van der Waals surface area (Å²) in [4.78, 5) is 15.3. The molecule has 3 heterocycles. The average molecular weight is 355 g/mol. The third kappa shape index (κ3) is 3.63. The lowest BCUT2D eigenvalue weighted by Gasteiger charge is -2.15. The molecule has 1 aliphatic heterocycles. The second-order valence-electron chi connectivity index (χ2n) is 6.54. The van der Waals surface area contributed by atoms with Gasteiger partial charge in [-0.2, -0.15) is 0 Å². The lowest BCUT2D eigenvalue weighted by molar-refractivity contribution is 0.140. The second-order valence-corrected chi connectivity index (χ2v) is 6.94. The van der Waals surface area contributed by atoms with Gasteiger partial charge >= 0.3 is 0 Å². The van der Waals surface area contributed by atoms with Gasteiger partial charge in [0.15, 0.2) is 0 Å². The van der Waals surface area contributed by atoms with Gasteiger partial charge in [0.2, 0.25) is 0 Å². The largest absolute Gasteiger partial charge is 0.391 e. The quantitative estimate of drug-likeness (QED) is 0.780. The van der Waals surface area contributed by atoms with Gasteiger partial charge in [-0.25, -0.2) is 4.98 Å². The van der Waals surface area contributed by atoms with Crippen molar-refractivity contribution in [1.82, 2.24) is 19.9 Å². The smallest absolute Gasteiger partial charge is 0.0891 e. The van der Waals surface area contributed by atoms with Crippen LogP contribution in [-0.4, -0.2) is 44.2 Å². The fourth-order valence-corrected chi connectivity index (χ4v) is 3.67. The van der Waals surface area contributed by atoms with Crippen molar-refractivity contribution >= 4 is 22.5 Å². The van der Waals surface area contributed by atoms with Gasteiger partial charge in [-0.05, 0) is 18.6 Å². The molecular weight excluding hydrogens is 336 g/mol. The molecule has 1 aliphatic rings. The lowest BCUT2D eigenvalue weighted by Crippen LogP contribution is -2.22. The highest BCUT2D eigenvalue weighted by Crippen LogP contribution is 2.24. The summed E-state index contributed by atoms with van der Waals surface area (Å²) in [6.45, 7) is 2.17. The lowest BCUT2D eigenvalue weighted by atomic mass is 10.0. The molecule has 5 nitrogen and oxygen atoms in total. The minimum atomic E-state index is -0.356. The number of fused-ring (bicyclic) bond motifs is 1. The summed E-state index contributed by atoms with van der Waals surface area (Å²) in [5, 5.41) is 12.1. The van der Waals surface area contributed by atoms with Crippen LogP contribution >= 0.6 is 11.6 Å². The molecule has 0 unspecified atom stereocenters. The van der Waals surface area contributed by atoms with Crippen molar-refractivity contribution in [3.8, 4) is 0 Å². The van der Waals surface area contributed by atoms with E-state index in [1.54, 1.807) is 18.6 Å². The number of halogens is 1. The van der Waals surface area contributed by atoms with Crippen LogP contribution in [0, 0.1) is 5.92 Å². The van der Waals surface area contributed by atoms with Crippen LogP contribution in [0.2, 0.25) is 5.02 Å². The number of aromatic nitrogens is 3. The highest BCUT2D eigenvalue weighted by atomic mass is 35.5. The van der Waals surface area contributed by atoms with Gasteiger partial charge in [-0.1, -0.05) is 29.8 Å². The van der Waals surface area contributed by atoms with E-state index < -0.39 is 0 Å². The zero-order chi connectivity index (χ0) is 17.2. The molecule has 1 fully saturated rings. The van der Waals surface area contributed by atoms with Crippen LogP contribution in [0.15, 0.2) is 48.9 Å². The molecule has 25 heavy (non-hydrogen) atoms. The Bertz CT molecular complexity index is 874. The summed E-state index contributed by atoms with van der Waals surface area (Å²) in [7, 11) is 0. The van der Waals surface area contributed by atoms with Gasteiger partial charge in [0.25, 0.3) is 0 Å². The van der Waals surface area contributed by atoms with Gasteiger partial charge in [0, 0.05) is 49.5 Å². The van der Waals surface area contributed by atoms with Crippen LogP contribution in [0.5, 0.6) is 0 Å². The number of nitrogens with zero attached hydrogens (tertiary/aromatic N) is 4. The topological polar surface area (TPSA) is 62.1 Å². The van der Waals surface area contributed by atoms with Crippen molar-refractivity contribution in [1.29, 1.82) is 0 Å². The molecule has 6 heteroatoms. The number of hydrogen-bond acceptors (Lipinski definition) is 5. The fraction of sp³-hybridized carbons (Fsp3) is 0.316. The van der Waals surface area contributed by atoms with Crippen LogP contribution in [0.1, 0.15) is 11.4 Å². The monoisotopic (exact) mass is 354 g/mol. The fourth-order valence-electron chi connectivity index (χ4n) is 3.44. The van der Waals surface area contributed by atoms with Crippen LogP contribution in [-0.2, 0) is 13.0 Å². The van der Waals surface area contributed by atoms with Crippen molar-refractivity contribution in [3.63, 3.8) is 0 Å². The molecule has 1 saturated heterocycles. The Morgan fingerprint density at radius 3 is 2.88 bits per heavy atom. The predicted molar refractivity (Wildman–Crippen MR) is 97.3 cm³/mol. The van der Waals surface area contributed by atoms with Crippen molar-refractivity contribution in [2.45, 2.75) is 19.1 Å². The van der Waals surface area contributed by atoms with E-state index in [0.29, 0.717) is 18.1 Å². The van der Waals surface area contributed by atoms with Gasteiger partial charge in [0.1, 0.15) is 0 Å². The number of rotatable bonds is 4. The first kappa shape index (κ1) is 16.4. The van der Waals surface area contributed by atoms with Crippen molar-refractivity contribution in [2.75, 3.05) is 13.1 Å². The predicted octanol–water partition coefficient (Wildman–Crippen LogP) is 2.71. The number of hydrogen-bond donors (Lipinski definition) is 1. The highest BCUT2D eigenvalue weighted by molar-refractivity contribution is 6.35. The number of para-hydroxylation sites is 1. The Kier molecular flexibility index (Phi) is 4.61. The molecule has 1 aromatic carbocycles. The van der Waals surface area contributed by atoms with Gasteiger partial charge in [-0.15, -0.1) is 0 Å². The molecule has 0 amide bonds. The minimum Gasteiger partial charge on any atom is -0.391 e. The number of aliphatic hydroxyl groups is 1. The highest BCUT2D eigenvalue weighted by Gasteiger charge is 2.31. The van der Waals surface area contributed by atoms with Crippen LogP contribution < -0.4 is 0 Å². The molecule has 0 saturated carbocycles. The molecule has 0 spiro atoms. The van der Waals surface area contributed by atoms with Crippen molar-refractivity contribution in [2.24, 2.45) is 5.92 Å². The average Bonchev–Trinajstić information content (AvgIpc) is 2.96. The van der Waals surface area contributed by atoms with E-state index in [4.69, 9.17) is 16.6 Å². The van der Waals surface area contributed by atoms with Crippen molar-refractivity contribution in [3.05, 3.63) is 65.3 Å². The molecule has 0 bridgehead atoms. The van der Waals surface area contributed by atoms with E-state index in [9.17, 15) is 5.11 Å². The van der Waals surface area contributed by atoms with Crippen LogP contribution in [0.25, 0.3) is 10.9 Å². The SMILES string of the molecule is O[C@@H]1CN(Cc2ccc3cccc(Cl)c3n2)C[C@H]1Cc1cnccn1. The van der Waals surface area contributed by atoms with E-state index in [2.05, 4.69) is 14.9 Å². The Balaban J connectivity index is 1.46. The number of likely N-dealkylation sites (tertiary alicyclic amines) is 1. The van der Waals surface area contributed by atoms with Crippen molar-refractivity contribution < 1.29 is 5.11 Å². The number of pyridine rings is 1. The Morgan fingerprint density at radius 1 is 1.12 bits per heavy atom. The summed E-state index contributed by atoms with van der Waals surface area (Å²) in [5.74, 6) is 0.167. The molecule has 0 aliphatic carbocycles. The zero-order valence-electron chi connectivity index (χ0n) is 13.7. The van der Waals surface area contributed by atoms with Crippen LogP contribution in [0.4, 0.5) is 0 Å². The van der Waals surface area contributed by atoms with E-state index in [-0.39, 0.29) is 12.0 Å². The third-order valence-corrected chi connectivity index (χ3v) is 4.99. The minimum absolute atomic E-state index is 0.167. The molecule has 2 atom stereocenters. The zero-order valence-corrected chi connectivity index (χ0v) is 14.5. The Labute approximate surface area is 151 Å². The Hall–Kier alpha value is -2.08. The van der Waals surface area contributed by atoms with Crippen LogP contribution in [0.3, 0.4) is 0 Å². The second kappa shape index (κ2) is 7.04. The maximum Gasteiger partial charge on any atom is 0.0891 e. The van der Waals surface area contributed by atoms with Gasteiger partial charge in [0.05, 0.1) is 28.0 Å². The molecule has 128 valence electrons. The standard InChI is InChI=1S/C19H19ClN4O/c20-17-3-1-2-13-4-5-15(23-19(13)17)11-24-10-14(18(25)12-24)8-16-9-21-6-7-22-16/h1-7,9,14,18,25H,8,10-12H2/t14-,18-/m1/s1. The first-order valence-electron chi connectivity index (χ1n) is 8.38. The molecule has 3 aromatic rings. The maximum absolute atomic E-state index is 10.4. The molecular formula is C19H19ClN4O. The first-order valence-corrected chi connectivity index (χ1v) is 8.76. The maximum atomic E-state index is 10.4. The molecule has 4 rings (SSSR count). The van der Waals surface area contributed by atoms with E-state index >= 15 is 0 Å². The number of aliphatic hydroxyl groups excluding tert-OH is 1. The van der Waals surface area contributed by atoms with Gasteiger partial charge < -0.3 is 5.11 Å². The first-order chi connectivity index (χ1) is 12.2. The Morgan fingerprint density at radius 2 is 2.04 bits per heavy atom. The summed E-state index contributed by atoms with van der Waals surface area (Å²) in [5.41, 5.74) is 2.72. The molecule has 2 aromatic heterocycles. The number of benzene rings is 1. The normalized spacial score (nSPS) is 21.0. The summed E-state index contributed by atoms with van der Waals surface area (Å²) in [6.07, 6.45) is 5.50. The van der Waals surface area contributed by atoms with Gasteiger partial charge in [-0.3, -0.25) is 14.9 Å². The summed E-state index contributed by atoms with van der Waals surface area (Å²) < 4.78 is 0. The summed E-state index contributed by atoms with van der Waals surface area (Å²) in [6, 6.07) is 9.87. The molecule has 0 radical (unpaired) electrons. The van der Waals surface area contributed by atoms with E-state index in [1.807, 2.05) is 30.3 Å².